The maximum atomic E-state index is 12.6. The lowest BCUT2D eigenvalue weighted by atomic mass is 10.1. The zero-order valence-electron chi connectivity index (χ0n) is 14.4. The van der Waals surface area contributed by atoms with Crippen LogP contribution in [0.3, 0.4) is 0 Å². The number of fused-ring (bicyclic) bond motifs is 1. The predicted octanol–water partition coefficient (Wildman–Crippen LogP) is 3.43. The number of thiazole rings is 1. The SMILES string of the molecule is CC(C(=O)Nc1ncc(-c2ccccc2)s1)N1C(=O)c2ccccc2C1=O. The van der Waals surface area contributed by atoms with Gasteiger partial charge in [0.15, 0.2) is 5.13 Å². The summed E-state index contributed by atoms with van der Waals surface area (Å²) in [4.78, 5) is 43.7. The van der Waals surface area contributed by atoms with Crippen LogP contribution in [0.5, 0.6) is 0 Å². The number of nitrogens with one attached hydrogen (secondary N) is 1. The van der Waals surface area contributed by atoms with Gasteiger partial charge in [-0.2, -0.15) is 0 Å². The van der Waals surface area contributed by atoms with Crippen molar-refractivity contribution in [3.8, 4) is 10.4 Å². The lowest BCUT2D eigenvalue weighted by Crippen LogP contribution is -2.45. The first-order chi connectivity index (χ1) is 13.1. The molecule has 4 rings (SSSR count). The van der Waals surface area contributed by atoms with Crippen molar-refractivity contribution in [2.24, 2.45) is 0 Å². The Bertz CT molecular complexity index is 1010. The van der Waals surface area contributed by atoms with Gasteiger partial charge in [0.25, 0.3) is 11.8 Å². The number of anilines is 1. The molecule has 3 amide bonds. The van der Waals surface area contributed by atoms with Gasteiger partial charge in [-0.25, -0.2) is 4.98 Å². The molecule has 3 aromatic rings. The Kier molecular flexibility index (Phi) is 4.29. The van der Waals surface area contributed by atoms with Gasteiger partial charge in [-0.1, -0.05) is 53.8 Å². The molecule has 0 saturated carbocycles. The summed E-state index contributed by atoms with van der Waals surface area (Å²) in [5.74, 6) is -1.37. The molecule has 27 heavy (non-hydrogen) atoms. The van der Waals surface area contributed by atoms with Crippen molar-refractivity contribution in [1.29, 1.82) is 0 Å². The molecule has 1 aliphatic rings. The first-order valence-electron chi connectivity index (χ1n) is 8.35. The molecule has 1 atom stereocenters. The summed E-state index contributed by atoms with van der Waals surface area (Å²) in [6, 6.07) is 15.3. The van der Waals surface area contributed by atoms with Crippen molar-refractivity contribution in [2.45, 2.75) is 13.0 Å². The van der Waals surface area contributed by atoms with Gasteiger partial charge in [-0.3, -0.25) is 19.3 Å². The third-order valence-electron chi connectivity index (χ3n) is 4.39. The van der Waals surface area contributed by atoms with Gasteiger partial charge in [0.2, 0.25) is 5.91 Å². The summed E-state index contributed by atoms with van der Waals surface area (Å²) >= 11 is 1.33. The average Bonchev–Trinajstić information content (AvgIpc) is 3.26. The quantitative estimate of drug-likeness (QED) is 0.707. The van der Waals surface area contributed by atoms with E-state index < -0.39 is 23.8 Å². The second kappa shape index (κ2) is 6.77. The molecule has 2 heterocycles. The number of hydrogen-bond acceptors (Lipinski definition) is 5. The van der Waals surface area contributed by atoms with E-state index in [0.29, 0.717) is 16.3 Å². The normalized spacial score (nSPS) is 14.2. The van der Waals surface area contributed by atoms with Crippen LogP contribution >= 0.6 is 11.3 Å². The lowest BCUT2D eigenvalue weighted by Gasteiger charge is -2.21. The Hall–Kier alpha value is -3.32. The van der Waals surface area contributed by atoms with Crippen LogP contribution in [0.2, 0.25) is 0 Å². The molecule has 1 N–H and O–H groups in total. The van der Waals surface area contributed by atoms with Crippen LogP contribution in [0.1, 0.15) is 27.6 Å². The Labute approximate surface area is 159 Å². The van der Waals surface area contributed by atoms with Crippen molar-refractivity contribution in [2.75, 3.05) is 5.32 Å². The smallest absolute Gasteiger partial charge is 0.262 e. The number of imide groups is 1. The standard InChI is InChI=1S/C20H15N3O3S/c1-12(23-18(25)14-9-5-6-10-15(14)19(23)26)17(24)22-20-21-11-16(27-20)13-7-3-2-4-8-13/h2-12H,1H3,(H,21,22,24). The number of rotatable bonds is 4. The molecule has 6 nitrogen and oxygen atoms in total. The molecule has 2 aromatic carbocycles. The van der Waals surface area contributed by atoms with Crippen LogP contribution < -0.4 is 5.32 Å². The van der Waals surface area contributed by atoms with Crippen molar-refractivity contribution in [3.05, 3.63) is 71.9 Å². The summed E-state index contributed by atoms with van der Waals surface area (Å²) in [5, 5.41) is 3.12. The van der Waals surface area contributed by atoms with Gasteiger partial charge >= 0.3 is 0 Å². The fourth-order valence-corrected chi connectivity index (χ4v) is 3.78. The van der Waals surface area contributed by atoms with E-state index in [1.165, 1.54) is 18.3 Å². The van der Waals surface area contributed by atoms with Gasteiger partial charge in [-0.05, 0) is 24.6 Å². The summed E-state index contributed by atoms with van der Waals surface area (Å²) in [7, 11) is 0. The molecular formula is C20H15N3O3S. The van der Waals surface area contributed by atoms with E-state index in [1.54, 1.807) is 30.5 Å². The minimum Gasteiger partial charge on any atom is -0.300 e. The van der Waals surface area contributed by atoms with E-state index in [-0.39, 0.29) is 0 Å². The fourth-order valence-electron chi connectivity index (χ4n) is 2.95. The molecule has 1 aliphatic heterocycles. The first-order valence-corrected chi connectivity index (χ1v) is 9.17. The van der Waals surface area contributed by atoms with Gasteiger partial charge in [0.05, 0.1) is 16.0 Å². The Balaban J connectivity index is 1.50. The minimum absolute atomic E-state index is 0.322. The number of aromatic nitrogens is 1. The molecule has 134 valence electrons. The molecule has 1 aromatic heterocycles. The topological polar surface area (TPSA) is 79.4 Å². The van der Waals surface area contributed by atoms with Crippen LogP contribution in [-0.4, -0.2) is 33.6 Å². The molecule has 0 spiro atoms. The summed E-state index contributed by atoms with van der Waals surface area (Å²) < 4.78 is 0. The van der Waals surface area contributed by atoms with Gasteiger partial charge < -0.3 is 5.32 Å². The number of amides is 3. The molecular weight excluding hydrogens is 362 g/mol. The van der Waals surface area contributed by atoms with E-state index in [9.17, 15) is 14.4 Å². The lowest BCUT2D eigenvalue weighted by molar-refractivity contribution is -0.119. The van der Waals surface area contributed by atoms with Crippen molar-refractivity contribution < 1.29 is 14.4 Å². The maximum absolute atomic E-state index is 12.6. The zero-order chi connectivity index (χ0) is 19.0. The summed E-state index contributed by atoms with van der Waals surface area (Å²) in [6.45, 7) is 1.53. The van der Waals surface area contributed by atoms with Crippen LogP contribution in [-0.2, 0) is 4.79 Å². The van der Waals surface area contributed by atoms with E-state index in [0.717, 1.165) is 15.3 Å². The third-order valence-corrected chi connectivity index (χ3v) is 5.35. The third kappa shape index (κ3) is 3.02. The second-order valence-electron chi connectivity index (χ2n) is 6.09. The number of carbonyl (C=O) groups is 3. The summed E-state index contributed by atoms with van der Waals surface area (Å²) in [6.07, 6.45) is 1.68. The molecule has 0 saturated heterocycles. The van der Waals surface area contributed by atoms with Crippen molar-refractivity contribution in [1.82, 2.24) is 9.88 Å². The fraction of sp³-hybridized carbons (Fsp3) is 0.100. The molecule has 0 bridgehead atoms. The van der Waals surface area contributed by atoms with Crippen molar-refractivity contribution >= 4 is 34.2 Å². The van der Waals surface area contributed by atoms with Crippen LogP contribution in [0.15, 0.2) is 60.8 Å². The van der Waals surface area contributed by atoms with E-state index in [1.807, 2.05) is 30.3 Å². The maximum Gasteiger partial charge on any atom is 0.262 e. The molecule has 0 aliphatic carbocycles. The highest BCUT2D eigenvalue weighted by Crippen LogP contribution is 2.29. The van der Waals surface area contributed by atoms with Crippen molar-refractivity contribution in [3.63, 3.8) is 0 Å². The van der Waals surface area contributed by atoms with Gasteiger partial charge in [0.1, 0.15) is 6.04 Å². The largest absolute Gasteiger partial charge is 0.300 e. The van der Waals surface area contributed by atoms with E-state index in [2.05, 4.69) is 10.3 Å². The zero-order valence-corrected chi connectivity index (χ0v) is 15.2. The van der Waals surface area contributed by atoms with Gasteiger partial charge in [0, 0.05) is 6.20 Å². The van der Waals surface area contributed by atoms with Gasteiger partial charge in [-0.15, -0.1) is 0 Å². The molecule has 0 radical (unpaired) electrons. The second-order valence-corrected chi connectivity index (χ2v) is 7.12. The average molecular weight is 377 g/mol. The van der Waals surface area contributed by atoms with E-state index in [4.69, 9.17) is 0 Å². The predicted molar refractivity (Wildman–Crippen MR) is 103 cm³/mol. The summed E-state index contributed by atoms with van der Waals surface area (Å²) in [5.41, 5.74) is 1.65. The first kappa shape index (κ1) is 17.1. The van der Waals surface area contributed by atoms with Crippen LogP contribution in [0, 0.1) is 0 Å². The number of hydrogen-bond donors (Lipinski definition) is 1. The Morgan fingerprint density at radius 2 is 1.59 bits per heavy atom. The minimum atomic E-state index is -0.943. The highest BCUT2D eigenvalue weighted by atomic mass is 32.1. The molecule has 1 unspecified atom stereocenters. The Morgan fingerprint density at radius 1 is 1.00 bits per heavy atom. The number of carbonyl (C=O) groups excluding carboxylic acids is 3. The monoisotopic (exact) mass is 377 g/mol. The highest BCUT2D eigenvalue weighted by Gasteiger charge is 2.40. The Morgan fingerprint density at radius 3 is 2.22 bits per heavy atom. The van der Waals surface area contributed by atoms with Crippen LogP contribution in [0.25, 0.3) is 10.4 Å². The van der Waals surface area contributed by atoms with E-state index >= 15 is 0 Å². The highest BCUT2D eigenvalue weighted by molar-refractivity contribution is 7.19. The van der Waals surface area contributed by atoms with Crippen LogP contribution in [0.4, 0.5) is 5.13 Å². The molecule has 7 heteroatoms. The number of nitrogens with zero attached hydrogens (tertiary/aromatic N) is 2. The molecule has 0 fully saturated rings. The number of benzene rings is 2.